The van der Waals surface area contributed by atoms with E-state index in [0.717, 1.165) is 36.8 Å². The third-order valence-electron chi connectivity index (χ3n) is 6.55. The highest BCUT2D eigenvalue weighted by Gasteiger charge is 2.34. The van der Waals surface area contributed by atoms with Crippen molar-refractivity contribution in [3.63, 3.8) is 0 Å². The molecule has 2 amide bonds. The second-order valence-electron chi connectivity index (χ2n) is 9.28. The van der Waals surface area contributed by atoms with Crippen LogP contribution in [0.1, 0.15) is 48.6 Å². The first-order valence-electron chi connectivity index (χ1n) is 12.4. The molecule has 1 saturated carbocycles. The molecule has 0 spiro atoms. The number of pyridine rings is 1. The summed E-state index contributed by atoms with van der Waals surface area (Å²) >= 11 is 0. The predicted octanol–water partition coefficient (Wildman–Crippen LogP) is 3.47. The summed E-state index contributed by atoms with van der Waals surface area (Å²) in [7, 11) is 0. The average Bonchev–Trinajstić information content (AvgIpc) is 3.69. The van der Waals surface area contributed by atoms with Gasteiger partial charge >= 0.3 is 0 Å². The molecule has 1 fully saturated rings. The lowest BCUT2D eigenvalue weighted by Gasteiger charge is -2.31. The van der Waals surface area contributed by atoms with Gasteiger partial charge in [-0.2, -0.15) is 4.80 Å². The SMILES string of the molecule is Cc1ccc(-c2nnn(CC(=O)N(Cc3ccco3)C(C(=O)NC3CCCC3)c3ccncc3)n2)cc1. The van der Waals surface area contributed by atoms with Gasteiger partial charge in [0, 0.05) is 24.0 Å². The molecule has 190 valence electrons. The first kappa shape index (κ1) is 24.4. The van der Waals surface area contributed by atoms with Gasteiger partial charge in [0.15, 0.2) is 0 Å². The summed E-state index contributed by atoms with van der Waals surface area (Å²) in [5.74, 6) is 0.417. The van der Waals surface area contributed by atoms with Gasteiger partial charge in [0.1, 0.15) is 18.3 Å². The summed E-state index contributed by atoms with van der Waals surface area (Å²) in [6.45, 7) is 1.93. The number of hydrogen-bond donors (Lipinski definition) is 1. The van der Waals surface area contributed by atoms with Gasteiger partial charge in [-0.15, -0.1) is 10.2 Å². The molecule has 1 aliphatic rings. The minimum Gasteiger partial charge on any atom is -0.467 e. The highest BCUT2D eigenvalue weighted by molar-refractivity contribution is 5.88. The van der Waals surface area contributed by atoms with Gasteiger partial charge in [0.05, 0.1) is 12.8 Å². The van der Waals surface area contributed by atoms with Crippen LogP contribution in [-0.2, 0) is 22.7 Å². The molecule has 3 aromatic heterocycles. The van der Waals surface area contributed by atoms with Crippen molar-refractivity contribution in [1.82, 2.24) is 35.4 Å². The molecule has 1 unspecified atom stereocenters. The largest absolute Gasteiger partial charge is 0.467 e. The Hall–Kier alpha value is -4.34. The molecule has 0 radical (unpaired) electrons. The Bertz CT molecular complexity index is 1310. The molecule has 4 aromatic rings. The second kappa shape index (κ2) is 11.2. The molecule has 37 heavy (non-hydrogen) atoms. The zero-order chi connectivity index (χ0) is 25.6. The van der Waals surface area contributed by atoms with E-state index in [1.807, 2.05) is 31.2 Å². The maximum absolute atomic E-state index is 13.7. The lowest BCUT2D eigenvalue weighted by molar-refractivity contribution is -0.143. The quantitative estimate of drug-likeness (QED) is 0.374. The monoisotopic (exact) mass is 499 g/mol. The van der Waals surface area contributed by atoms with E-state index in [9.17, 15) is 9.59 Å². The van der Waals surface area contributed by atoms with Crippen molar-refractivity contribution in [2.45, 2.75) is 57.8 Å². The number of carbonyl (C=O) groups excluding carboxylic acids is 2. The van der Waals surface area contributed by atoms with Crippen LogP contribution in [0.2, 0.25) is 0 Å². The normalized spacial score (nSPS) is 14.4. The topological polar surface area (TPSA) is 119 Å². The van der Waals surface area contributed by atoms with Crippen molar-refractivity contribution in [3.05, 3.63) is 84.1 Å². The van der Waals surface area contributed by atoms with Crippen LogP contribution in [0.4, 0.5) is 0 Å². The van der Waals surface area contributed by atoms with Crippen LogP contribution in [0.25, 0.3) is 11.4 Å². The summed E-state index contributed by atoms with van der Waals surface area (Å²) in [5.41, 5.74) is 2.59. The molecule has 10 nitrogen and oxygen atoms in total. The summed E-state index contributed by atoms with van der Waals surface area (Å²) in [6.07, 6.45) is 8.82. The fraction of sp³-hybridized carbons (Fsp3) is 0.333. The Morgan fingerprint density at radius 1 is 1.11 bits per heavy atom. The lowest BCUT2D eigenvalue weighted by Crippen LogP contribution is -2.46. The summed E-state index contributed by atoms with van der Waals surface area (Å²) in [6, 6.07) is 14.0. The van der Waals surface area contributed by atoms with E-state index in [0.29, 0.717) is 17.1 Å². The molecule has 3 heterocycles. The van der Waals surface area contributed by atoms with Crippen molar-refractivity contribution >= 4 is 11.8 Å². The predicted molar refractivity (Wildman–Crippen MR) is 135 cm³/mol. The van der Waals surface area contributed by atoms with Gasteiger partial charge in [0.25, 0.3) is 0 Å². The van der Waals surface area contributed by atoms with Crippen LogP contribution in [-0.4, -0.2) is 47.9 Å². The van der Waals surface area contributed by atoms with Crippen LogP contribution in [0.15, 0.2) is 71.6 Å². The number of amides is 2. The molecular weight excluding hydrogens is 470 g/mol. The number of furan rings is 1. The van der Waals surface area contributed by atoms with E-state index in [4.69, 9.17) is 4.42 Å². The van der Waals surface area contributed by atoms with Gasteiger partial charge in [-0.3, -0.25) is 14.6 Å². The summed E-state index contributed by atoms with van der Waals surface area (Å²) < 4.78 is 5.55. The highest BCUT2D eigenvalue weighted by atomic mass is 16.3. The number of rotatable bonds is 9. The van der Waals surface area contributed by atoms with Crippen molar-refractivity contribution in [2.24, 2.45) is 0 Å². The van der Waals surface area contributed by atoms with Crippen LogP contribution in [0.3, 0.4) is 0 Å². The Morgan fingerprint density at radius 2 is 1.86 bits per heavy atom. The second-order valence-corrected chi connectivity index (χ2v) is 9.28. The minimum atomic E-state index is -0.874. The molecule has 1 aliphatic carbocycles. The number of benzene rings is 1. The standard InChI is InChI=1S/C27H29N7O3/c1-19-8-10-21(11-9-19)26-30-32-34(31-26)18-24(35)33(17-23-7-4-16-37-23)25(20-12-14-28-15-13-20)27(36)29-22-5-2-3-6-22/h4,7-16,22,25H,2-3,5-6,17-18H2,1H3,(H,29,36). The first-order chi connectivity index (χ1) is 18.1. The van der Waals surface area contributed by atoms with Crippen molar-refractivity contribution in [1.29, 1.82) is 0 Å². The van der Waals surface area contributed by atoms with Crippen molar-refractivity contribution in [2.75, 3.05) is 0 Å². The van der Waals surface area contributed by atoms with Crippen LogP contribution in [0.5, 0.6) is 0 Å². The zero-order valence-electron chi connectivity index (χ0n) is 20.7. The molecule has 0 bridgehead atoms. The molecule has 10 heteroatoms. The number of tetrazole rings is 1. The molecule has 0 saturated heterocycles. The fourth-order valence-corrected chi connectivity index (χ4v) is 4.60. The highest BCUT2D eigenvalue weighted by Crippen LogP contribution is 2.26. The van der Waals surface area contributed by atoms with Crippen molar-refractivity contribution < 1.29 is 14.0 Å². The number of nitrogens with zero attached hydrogens (tertiary/aromatic N) is 6. The zero-order valence-corrected chi connectivity index (χ0v) is 20.7. The van der Waals surface area contributed by atoms with Gasteiger partial charge in [0.2, 0.25) is 17.6 Å². The Morgan fingerprint density at radius 3 is 2.57 bits per heavy atom. The van der Waals surface area contributed by atoms with E-state index in [2.05, 4.69) is 25.7 Å². The van der Waals surface area contributed by atoms with E-state index < -0.39 is 6.04 Å². The Kier molecular flexibility index (Phi) is 7.34. The minimum absolute atomic E-state index is 0.103. The molecule has 5 rings (SSSR count). The number of hydrogen-bond acceptors (Lipinski definition) is 7. The Balaban J connectivity index is 1.43. The number of carbonyl (C=O) groups is 2. The fourth-order valence-electron chi connectivity index (χ4n) is 4.60. The lowest BCUT2D eigenvalue weighted by atomic mass is 10.0. The maximum atomic E-state index is 13.7. The number of aromatic nitrogens is 5. The maximum Gasteiger partial charge on any atom is 0.247 e. The Labute approximate surface area is 214 Å². The van der Waals surface area contributed by atoms with E-state index >= 15 is 0 Å². The van der Waals surface area contributed by atoms with Gasteiger partial charge < -0.3 is 14.6 Å². The van der Waals surface area contributed by atoms with Crippen LogP contribution < -0.4 is 5.32 Å². The molecule has 1 N–H and O–H groups in total. The molecular formula is C27H29N7O3. The van der Waals surface area contributed by atoms with E-state index in [1.165, 1.54) is 9.70 Å². The number of nitrogens with one attached hydrogen (secondary N) is 1. The third kappa shape index (κ3) is 5.91. The molecule has 1 atom stereocenters. The molecule has 0 aliphatic heterocycles. The molecule has 1 aromatic carbocycles. The van der Waals surface area contributed by atoms with E-state index in [1.54, 1.807) is 42.9 Å². The van der Waals surface area contributed by atoms with Gasteiger partial charge in [-0.1, -0.05) is 42.7 Å². The number of aryl methyl sites for hydroxylation is 1. The summed E-state index contributed by atoms with van der Waals surface area (Å²) in [5, 5.41) is 15.8. The first-order valence-corrected chi connectivity index (χ1v) is 12.4. The van der Waals surface area contributed by atoms with Gasteiger partial charge in [-0.05, 0) is 54.8 Å². The van der Waals surface area contributed by atoms with Gasteiger partial charge in [-0.25, -0.2) is 0 Å². The van der Waals surface area contributed by atoms with E-state index in [-0.39, 0.29) is 30.9 Å². The smallest absolute Gasteiger partial charge is 0.247 e. The van der Waals surface area contributed by atoms with Crippen molar-refractivity contribution in [3.8, 4) is 11.4 Å². The van der Waals surface area contributed by atoms with Crippen LogP contribution in [0, 0.1) is 6.92 Å². The average molecular weight is 500 g/mol. The summed E-state index contributed by atoms with van der Waals surface area (Å²) in [4.78, 5) is 34.2. The van der Waals surface area contributed by atoms with Crippen LogP contribution >= 0.6 is 0 Å². The third-order valence-corrected chi connectivity index (χ3v) is 6.55.